The fourth-order valence-corrected chi connectivity index (χ4v) is 4.24. The lowest BCUT2D eigenvalue weighted by atomic mass is 10.2. The molecule has 0 aliphatic rings. The summed E-state index contributed by atoms with van der Waals surface area (Å²) in [6.07, 6.45) is 12.2. The summed E-state index contributed by atoms with van der Waals surface area (Å²) in [7, 11) is 5.65. The number of rotatable bonds is 10. The van der Waals surface area contributed by atoms with Crippen molar-refractivity contribution in [1.82, 2.24) is 24.5 Å². The minimum atomic E-state index is -0.450. The van der Waals surface area contributed by atoms with E-state index >= 15 is 0 Å². The fraction of sp³-hybridized carbons (Fsp3) is 0.250. The van der Waals surface area contributed by atoms with Crippen molar-refractivity contribution >= 4 is 40.0 Å². The van der Waals surface area contributed by atoms with Gasteiger partial charge in [-0.2, -0.15) is 0 Å². The number of likely N-dealkylation sites (N-methyl/N-ethyl adjacent to an activating group) is 1. The number of hydrogen-bond donors (Lipinski definition) is 2. The number of anilines is 3. The summed E-state index contributed by atoms with van der Waals surface area (Å²) in [5, 5.41) is 18.2. The Morgan fingerprint density at radius 1 is 1.24 bits per heavy atom. The minimum absolute atomic E-state index is 0. The molecule has 1 aromatic carbocycles. The van der Waals surface area contributed by atoms with E-state index in [1.807, 2.05) is 45.3 Å². The minimum Gasteiger partial charge on any atom is -1.00 e. The lowest BCUT2D eigenvalue weighted by molar-refractivity contribution is -0.898. The highest BCUT2D eigenvalue weighted by Crippen LogP contribution is 2.25. The Morgan fingerprint density at radius 3 is 2.73 bits per heavy atom. The first-order valence-corrected chi connectivity index (χ1v) is 12.5. The molecular weight excluding hydrogens is 590 g/mol. The van der Waals surface area contributed by atoms with Crippen molar-refractivity contribution < 1.29 is 31.2 Å². The number of imidazole rings is 1. The summed E-state index contributed by atoms with van der Waals surface area (Å²) in [4.78, 5) is 40.8. The Bertz CT molecular complexity index is 1660. The normalized spacial score (nSPS) is 11.2. The Labute approximate surface area is 248 Å². The van der Waals surface area contributed by atoms with Gasteiger partial charge in [0.15, 0.2) is 5.69 Å². The van der Waals surface area contributed by atoms with Crippen molar-refractivity contribution in [3.8, 4) is 12.3 Å². The van der Waals surface area contributed by atoms with Crippen LogP contribution in [0.15, 0.2) is 55.0 Å². The van der Waals surface area contributed by atoms with Gasteiger partial charge in [-0.3, -0.25) is 4.79 Å². The van der Waals surface area contributed by atoms with Gasteiger partial charge in [-0.05, 0) is 40.2 Å². The molecule has 0 fully saturated rings. The van der Waals surface area contributed by atoms with E-state index in [9.17, 15) is 14.9 Å². The summed E-state index contributed by atoms with van der Waals surface area (Å²) in [5.41, 5.74) is 2.65. The molecule has 0 aliphatic heterocycles. The van der Waals surface area contributed by atoms with Gasteiger partial charge in [-0.15, -0.1) is 6.42 Å². The van der Waals surface area contributed by atoms with E-state index in [1.165, 1.54) is 12.4 Å². The molecule has 3 aromatic heterocycles. The number of quaternary nitrogens is 1. The van der Waals surface area contributed by atoms with E-state index in [1.54, 1.807) is 30.0 Å². The zero-order chi connectivity index (χ0) is 28.9. The Morgan fingerprint density at radius 2 is 2.02 bits per heavy atom. The first-order chi connectivity index (χ1) is 19.1. The van der Waals surface area contributed by atoms with Crippen LogP contribution in [0.3, 0.4) is 0 Å². The molecule has 4 rings (SSSR count). The molecule has 2 N–H and O–H groups in total. The maximum atomic E-state index is 12.7. The van der Waals surface area contributed by atoms with Gasteiger partial charge in [-0.1, -0.05) is 18.9 Å². The third kappa shape index (κ3) is 7.50. The van der Waals surface area contributed by atoms with E-state index in [4.69, 9.17) is 6.42 Å². The number of terminal acetylenes is 1. The first kappa shape index (κ1) is 30.9. The lowest BCUT2D eigenvalue weighted by Gasteiger charge is -2.28. The van der Waals surface area contributed by atoms with E-state index in [2.05, 4.69) is 36.5 Å². The molecule has 0 saturated carbocycles. The number of nitrogens with one attached hydrogen (secondary N) is 2. The smallest absolute Gasteiger partial charge is 0.391 e. The molecule has 0 saturated heterocycles. The van der Waals surface area contributed by atoms with Crippen LogP contribution >= 0.6 is 0 Å². The number of aryl methyl sites for hydroxylation is 1. The van der Waals surface area contributed by atoms with Crippen molar-refractivity contribution in [3.63, 3.8) is 0 Å². The SMILES string of the molecule is C#Cc1cccc(Nc2ncnc3cnc(NC(=O)/C=C/C[N+](C)(C)Cc4c([N+](=O)[O-])nc(CC)n4C)cc23)c1.[Br-]. The molecule has 41 heavy (non-hydrogen) atoms. The van der Waals surface area contributed by atoms with Crippen LogP contribution in [0.2, 0.25) is 0 Å². The monoisotopic (exact) mass is 619 g/mol. The standard InChI is InChI=1S/C28H29N9O3.BrH/c1-6-19-10-8-11-20(14-19)32-27-21-15-24(29-16-22(21)30-18-31-27)33-26(38)12-9-13-37(4,5)17-23-28(36(39)40)34-25(7-2)35(23)3;/h1,8-12,14-16,18H,7,13,17H2,2-5H3,(H-,29,30,31,32,33,38);1H/b12-9+;. The molecule has 1 amide bonds. The Balaban J connectivity index is 0.00000462. The second kappa shape index (κ2) is 13.1. The highest BCUT2D eigenvalue weighted by molar-refractivity contribution is 6.00. The number of amides is 1. The van der Waals surface area contributed by atoms with Crippen LogP contribution in [0.5, 0.6) is 0 Å². The van der Waals surface area contributed by atoms with Crippen molar-refractivity contribution in [3.05, 3.63) is 82.2 Å². The number of carbonyl (C=O) groups is 1. The number of nitrogens with zero attached hydrogens (tertiary/aromatic N) is 7. The third-order valence-corrected chi connectivity index (χ3v) is 6.29. The van der Waals surface area contributed by atoms with Gasteiger partial charge < -0.3 is 46.8 Å². The summed E-state index contributed by atoms with van der Waals surface area (Å²) < 4.78 is 2.16. The van der Waals surface area contributed by atoms with E-state index in [-0.39, 0.29) is 28.7 Å². The number of hydrogen-bond acceptors (Lipinski definition) is 8. The van der Waals surface area contributed by atoms with Gasteiger partial charge in [0, 0.05) is 36.2 Å². The molecule has 4 aromatic rings. The van der Waals surface area contributed by atoms with E-state index in [0.717, 1.165) is 11.3 Å². The molecule has 0 aliphatic carbocycles. The van der Waals surface area contributed by atoms with Crippen molar-refractivity contribution in [2.75, 3.05) is 31.3 Å². The Kier molecular flexibility index (Phi) is 9.88. The summed E-state index contributed by atoms with van der Waals surface area (Å²) in [6, 6.07) is 9.08. The van der Waals surface area contributed by atoms with Gasteiger partial charge in [0.2, 0.25) is 11.7 Å². The average Bonchev–Trinajstić information content (AvgIpc) is 3.23. The predicted molar refractivity (Wildman–Crippen MR) is 153 cm³/mol. The quantitative estimate of drug-likeness (QED) is 0.0870. The zero-order valence-corrected chi connectivity index (χ0v) is 24.7. The predicted octanol–water partition coefficient (Wildman–Crippen LogP) is 0.729. The molecule has 13 heteroatoms. The van der Waals surface area contributed by atoms with Crippen LogP contribution in [0.1, 0.15) is 24.0 Å². The van der Waals surface area contributed by atoms with Crippen molar-refractivity contribution in [2.24, 2.45) is 7.05 Å². The molecule has 3 heterocycles. The van der Waals surface area contributed by atoms with Crippen LogP contribution in [0.25, 0.3) is 10.9 Å². The van der Waals surface area contributed by atoms with Crippen molar-refractivity contribution in [1.29, 1.82) is 0 Å². The van der Waals surface area contributed by atoms with E-state index in [0.29, 0.717) is 58.1 Å². The van der Waals surface area contributed by atoms with Gasteiger partial charge in [0.25, 0.3) is 0 Å². The molecule has 0 bridgehead atoms. The molecule has 12 nitrogen and oxygen atoms in total. The number of benzene rings is 1. The number of nitro groups is 1. The zero-order valence-electron chi connectivity index (χ0n) is 23.1. The highest BCUT2D eigenvalue weighted by atomic mass is 79.9. The number of aromatic nitrogens is 5. The maximum absolute atomic E-state index is 12.7. The van der Waals surface area contributed by atoms with Crippen LogP contribution < -0.4 is 27.6 Å². The van der Waals surface area contributed by atoms with E-state index < -0.39 is 4.92 Å². The fourth-order valence-electron chi connectivity index (χ4n) is 4.24. The second-order valence-corrected chi connectivity index (χ2v) is 9.80. The molecule has 0 radical (unpaired) electrons. The molecule has 0 spiro atoms. The van der Waals surface area contributed by atoms with Crippen LogP contribution in [0.4, 0.5) is 23.1 Å². The van der Waals surface area contributed by atoms with Crippen molar-refractivity contribution in [2.45, 2.75) is 19.9 Å². The summed E-state index contributed by atoms with van der Waals surface area (Å²) >= 11 is 0. The Hall–Kier alpha value is -4.67. The van der Waals surface area contributed by atoms with Crippen LogP contribution in [-0.4, -0.2) is 60.5 Å². The topological polar surface area (TPSA) is 141 Å². The largest absolute Gasteiger partial charge is 1.00 e. The lowest BCUT2D eigenvalue weighted by Crippen LogP contribution is -3.00. The average molecular weight is 621 g/mol. The summed E-state index contributed by atoms with van der Waals surface area (Å²) in [6.45, 7) is 2.74. The van der Waals surface area contributed by atoms with Gasteiger partial charge in [0.1, 0.15) is 24.5 Å². The summed E-state index contributed by atoms with van der Waals surface area (Å²) in [5.74, 6) is 3.65. The van der Waals surface area contributed by atoms with Gasteiger partial charge >= 0.3 is 5.82 Å². The van der Waals surface area contributed by atoms with Crippen LogP contribution in [0, 0.1) is 22.5 Å². The van der Waals surface area contributed by atoms with Crippen LogP contribution in [-0.2, 0) is 24.8 Å². The molecule has 0 unspecified atom stereocenters. The molecule has 0 atom stereocenters. The van der Waals surface area contributed by atoms with Gasteiger partial charge in [0.05, 0.1) is 32.4 Å². The maximum Gasteiger partial charge on any atom is 0.391 e. The number of halogens is 1. The highest BCUT2D eigenvalue weighted by Gasteiger charge is 2.30. The number of pyridine rings is 1. The molecular formula is C28H30BrN9O3. The third-order valence-electron chi connectivity index (χ3n) is 6.29. The number of fused-ring (bicyclic) bond motifs is 1. The second-order valence-electron chi connectivity index (χ2n) is 9.80. The molecule has 212 valence electrons. The number of carbonyl (C=O) groups excluding carboxylic acids is 1. The van der Waals surface area contributed by atoms with Gasteiger partial charge in [-0.25, -0.2) is 15.0 Å². The first-order valence-electron chi connectivity index (χ1n) is 12.5.